The van der Waals surface area contributed by atoms with Gasteiger partial charge < -0.3 is 15.0 Å². The summed E-state index contributed by atoms with van der Waals surface area (Å²) in [6.45, 7) is 4.20. The van der Waals surface area contributed by atoms with Crippen LogP contribution in [0.4, 0.5) is 5.69 Å². The van der Waals surface area contributed by atoms with E-state index >= 15 is 0 Å². The van der Waals surface area contributed by atoms with Crippen molar-refractivity contribution >= 4 is 27.5 Å². The van der Waals surface area contributed by atoms with Gasteiger partial charge in [-0.05, 0) is 69.8 Å². The lowest BCUT2D eigenvalue weighted by molar-refractivity contribution is -0.125. The van der Waals surface area contributed by atoms with Crippen molar-refractivity contribution in [1.29, 1.82) is 0 Å². The Morgan fingerprint density at radius 2 is 1.86 bits per heavy atom. The molecule has 2 fully saturated rings. The summed E-state index contributed by atoms with van der Waals surface area (Å²) < 4.78 is 33.5. The second-order valence-electron chi connectivity index (χ2n) is 10.5. The van der Waals surface area contributed by atoms with E-state index in [-0.39, 0.29) is 29.9 Å². The molecule has 2 heterocycles. The number of amides is 2. The highest BCUT2D eigenvalue weighted by Crippen LogP contribution is 2.35. The molecule has 1 aliphatic carbocycles. The van der Waals surface area contributed by atoms with Gasteiger partial charge >= 0.3 is 0 Å². The van der Waals surface area contributed by atoms with Crippen molar-refractivity contribution in [3.05, 3.63) is 18.2 Å². The van der Waals surface area contributed by atoms with Crippen molar-refractivity contribution in [2.75, 3.05) is 51.3 Å². The number of benzene rings is 1. The average molecular weight is 521 g/mol. The van der Waals surface area contributed by atoms with E-state index in [0.29, 0.717) is 43.0 Å². The molecule has 2 amide bonds. The van der Waals surface area contributed by atoms with E-state index in [4.69, 9.17) is 4.74 Å². The first-order valence-electron chi connectivity index (χ1n) is 13.3. The van der Waals surface area contributed by atoms with Crippen LogP contribution in [0, 0.1) is 5.92 Å². The maximum absolute atomic E-state index is 13.2. The summed E-state index contributed by atoms with van der Waals surface area (Å²) in [5, 5.41) is 2.91. The van der Waals surface area contributed by atoms with E-state index < -0.39 is 10.0 Å². The standard InChI is InChI=1S/C26H40N4O5S/c1-20-11-15-29(16-12-20)36(33,34)22-9-10-24-23(17-22)30(26(32)19-35-24)18-25(31)27-13-6-14-28(2)21-7-4-3-5-8-21/h9-10,17,20-21H,3-8,11-16,18-19H2,1-2H3,(H,27,31). The lowest BCUT2D eigenvalue weighted by Crippen LogP contribution is -2.45. The number of rotatable bonds is 9. The first-order valence-corrected chi connectivity index (χ1v) is 14.7. The number of nitrogens with one attached hydrogen (secondary N) is 1. The second kappa shape index (κ2) is 11.9. The van der Waals surface area contributed by atoms with E-state index in [9.17, 15) is 18.0 Å². The Bertz CT molecular complexity index is 1030. The third-order valence-corrected chi connectivity index (χ3v) is 9.66. The lowest BCUT2D eigenvalue weighted by atomic mass is 9.94. The number of hydrogen-bond donors (Lipinski definition) is 1. The number of fused-ring (bicyclic) bond motifs is 1. The number of carbonyl (C=O) groups excluding carboxylic acids is 2. The number of carbonyl (C=O) groups is 2. The Hall–Kier alpha value is -2.17. The van der Waals surface area contributed by atoms with Crippen LogP contribution >= 0.6 is 0 Å². The van der Waals surface area contributed by atoms with Gasteiger partial charge in [-0.3, -0.25) is 14.5 Å². The van der Waals surface area contributed by atoms with Crippen molar-refractivity contribution in [2.45, 2.75) is 69.2 Å². The molecular weight excluding hydrogens is 480 g/mol. The highest BCUT2D eigenvalue weighted by molar-refractivity contribution is 7.89. The van der Waals surface area contributed by atoms with Gasteiger partial charge in [0.15, 0.2) is 6.61 Å². The molecule has 3 aliphatic rings. The van der Waals surface area contributed by atoms with E-state index in [0.717, 1.165) is 25.8 Å². The summed E-state index contributed by atoms with van der Waals surface area (Å²) in [4.78, 5) is 29.2. The van der Waals surface area contributed by atoms with Crippen LogP contribution < -0.4 is 15.0 Å². The number of nitrogens with zero attached hydrogens (tertiary/aromatic N) is 3. The van der Waals surface area contributed by atoms with Gasteiger partial charge in [0.2, 0.25) is 15.9 Å². The van der Waals surface area contributed by atoms with Gasteiger partial charge in [-0.1, -0.05) is 26.2 Å². The molecule has 10 heteroatoms. The van der Waals surface area contributed by atoms with Crippen LogP contribution in [0.25, 0.3) is 0 Å². The molecule has 2 aliphatic heterocycles. The zero-order valence-corrected chi connectivity index (χ0v) is 22.4. The van der Waals surface area contributed by atoms with Crippen LogP contribution in [0.2, 0.25) is 0 Å². The molecule has 36 heavy (non-hydrogen) atoms. The summed E-state index contributed by atoms with van der Waals surface area (Å²) in [6, 6.07) is 5.19. The predicted octanol–water partition coefficient (Wildman–Crippen LogP) is 2.60. The fraction of sp³-hybridized carbons (Fsp3) is 0.692. The van der Waals surface area contributed by atoms with Crippen molar-refractivity contribution < 1.29 is 22.7 Å². The molecule has 0 bridgehead atoms. The topological polar surface area (TPSA) is 99.3 Å². The number of hydrogen-bond acceptors (Lipinski definition) is 6. The first-order chi connectivity index (χ1) is 17.3. The van der Waals surface area contributed by atoms with Crippen LogP contribution in [-0.2, 0) is 19.6 Å². The summed E-state index contributed by atoms with van der Waals surface area (Å²) in [5.74, 6) is 0.279. The van der Waals surface area contributed by atoms with E-state index in [1.165, 1.54) is 53.4 Å². The van der Waals surface area contributed by atoms with Gasteiger partial charge in [0, 0.05) is 25.7 Å². The summed E-state index contributed by atoms with van der Waals surface area (Å²) >= 11 is 0. The third kappa shape index (κ3) is 6.39. The Labute approximate surface area is 215 Å². The van der Waals surface area contributed by atoms with Crippen LogP contribution in [0.5, 0.6) is 5.75 Å². The molecule has 1 aromatic carbocycles. The van der Waals surface area contributed by atoms with Crippen molar-refractivity contribution in [3.8, 4) is 5.75 Å². The van der Waals surface area contributed by atoms with Gasteiger partial charge in [-0.2, -0.15) is 4.31 Å². The molecule has 4 rings (SSSR count). The molecule has 0 radical (unpaired) electrons. The summed E-state index contributed by atoms with van der Waals surface area (Å²) in [6.07, 6.45) is 8.90. The number of anilines is 1. The zero-order chi connectivity index (χ0) is 25.7. The van der Waals surface area contributed by atoms with E-state index in [1.54, 1.807) is 6.07 Å². The van der Waals surface area contributed by atoms with Crippen LogP contribution in [0.15, 0.2) is 23.1 Å². The lowest BCUT2D eigenvalue weighted by Gasteiger charge is -2.32. The SMILES string of the molecule is CC1CCN(S(=O)(=O)c2ccc3c(c2)N(CC(=O)NCCCN(C)C2CCCCC2)C(=O)CO3)CC1. The molecule has 1 N–H and O–H groups in total. The average Bonchev–Trinajstić information content (AvgIpc) is 2.88. The van der Waals surface area contributed by atoms with Crippen molar-refractivity contribution in [1.82, 2.24) is 14.5 Å². The molecule has 200 valence electrons. The van der Waals surface area contributed by atoms with Crippen molar-refractivity contribution in [3.63, 3.8) is 0 Å². The largest absolute Gasteiger partial charge is 0.482 e. The molecular formula is C26H40N4O5S. The minimum absolute atomic E-state index is 0.116. The number of piperidine rings is 1. The fourth-order valence-electron chi connectivity index (χ4n) is 5.35. The van der Waals surface area contributed by atoms with E-state index in [2.05, 4.69) is 24.2 Å². The predicted molar refractivity (Wildman–Crippen MR) is 139 cm³/mol. The van der Waals surface area contributed by atoms with Crippen molar-refractivity contribution in [2.24, 2.45) is 5.92 Å². The summed E-state index contributed by atoms with van der Waals surface area (Å²) in [7, 11) is -1.54. The molecule has 1 aromatic rings. The highest BCUT2D eigenvalue weighted by Gasteiger charge is 2.32. The highest BCUT2D eigenvalue weighted by atomic mass is 32.2. The third-order valence-electron chi connectivity index (χ3n) is 7.76. The number of ether oxygens (including phenoxy) is 1. The Kier molecular flexibility index (Phi) is 8.90. The maximum atomic E-state index is 13.2. The van der Waals surface area contributed by atoms with Crippen LogP contribution in [-0.4, -0.2) is 81.9 Å². The molecule has 0 aromatic heterocycles. The Balaban J connectivity index is 1.35. The minimum Gasteiger partial charge on any atom is -0.482 e. The molecule has 0 spiro atoms. The Morgan fingerprint density at radius 1 is 1.14 bits per heavy atom. The molecule has 0 unspecified atom stereocenters. The Morgan fingerprint density at radius 3 is 2.58 bits per heavy atom. The van der Waals surface area contributed by atoms with Crippen LogP contribution in [0.1, 0.15) is 58.3 Å². The minimum atomic E-state index is -3.69. The number of sulfonamides is 1. The fourth-order valence-corrected chi connectivity index (χ4v) is 6.84. The molecule has 1 saturated heterocycles. The van der Waals surface area contributed by atoms with Gasteiger partial charge in [0.05, 0.1) is 10.6 Å². The smallest absolute Gasteiger partial charge is 0.265 e. The summed E-state index contributed by atoms with van der Waals surface area (Å²) in [5.41, 5.74) is 0.324. The van der Waals surface area contributed by atoms with Crippen LogP contribution in [0.3, 0.4) is 0 Å². The molecule has 9 nitrogen and oxygen atoms in total. The van der Waals surface area contributed by atoms with Gasteiger partial charge in [0.25, 0.3) is 5.91 Å². The quantitative estimate of drug-likeness (QED) is 0.503. The van der Waals surface area contributed by atoms with Gasteiger partial charge in [-0.25, -0.2) is 8.42 Å². The van der Waals surface area contributed by atoms with Gasteiger partial charge in [-0.15, -0.1) is 0 Å². The maximum Gasteiger partial charge on any atom is 0.265 e. The molecule has 0 atom stereocenters. The normalized spacial score (nSPS) is 20.3. The second-order valence-corrected chi connectivity index (χ2v) is 12.4. The zero-order valence-electron chi connectivity index (χ0n) is 21.6. The van der Waals surface area contributed by atoms with Gasteiger partial charge in [0.1, 0.15) is 12.3 Å². The van der Waals surface area contributed by atoms with E-state index in [1.807, 2.05) is 0 Å². The first kappa shape index (κ1) is 26.9. The molecule has 1 saturated carbocycles. The monoisotopic (exact) mass is 520 g/mol.